The zero-order valence-corrected chi connectivity index (χ0v) is 21.8. The quantitative estimate of drug-likeness (QED) is 0.646. The van der Waals surface area contributed by atoms with E-state index in [2.05, 4.69) is 0 Å². The number of fused-ring (bicyclic) bond motifs is 2. The van der Waals surface area contributed by atoms with E-state index in [1.807, 2.05) is 37.2 Å². The molecule has 0 aliphatic carbocycles. The average Bonchev–Trinajstić information content (AvgIpc) is 2.93. The summed E-state index contributed by atoms with van der Waals surface area (Å²) in [5.41, 5.74) is 0.198. The normalized spacial score (nSPS) is 19.0. The van der Waals surface area contributed by atoms with Crippen LogP contribution in [0.5, 0.6) is 0 Å². The van der Waals surface area contributed by atoms with Crippen molar-refractivity contribution in [1.82, 2.24) is 19.4 Å². The SMILES string of the molecule is Cc1c(C(=O)N2CCCC(CN(C)C(=O)OC(C)(C)C)C2)sc2nc3n(c(=O)c12)CCCCC3. The molecule has 1 saturated heterocycles. The van der Waals surface area contributed by atoms with Crippen LogP contribution in [0.25, 0.3) is 10.2 Å². The topological polar surface area (TPSA) is 84.7 Å². The number of amides is 2. The molecule has 2 aromatic rings. The standard InChI is InChI=1S/C25H36N4O4S/c1-16-19-21(26-18-11-7-6-8-13-29(18)22(19)30)34-20(16)23(31)28-12-9-10-17(15-28)14-27(5)24(32)33-25(2,3)4/h17H,6-15H2,1-5H3. The van der Waals surface area contributed by atoms with Crippen LogP contribution in [0.3, 0.4) is 0 Å². The summed E-state index contributed by atoms with van der Waals surface area (Å²) >= 11 is 1.35. The summed E-state index contributed by atoms with van der Waals surface area (Å²) < 4.78 is 7.28. The van der Waals surface area contributed by atoms with Crippen LogP contribution in [0.1, 0.15) is 73.9 Å². The second kappa shape index (κ2) is 9.68. The Morgan fingerprint density at radius 2 is 1.94 bits per heavy atom. The number of likely N-dealkylation sites (tertiary alicyclic amines) is 1. The van der Waals surface area contributed by atoms with Crippen molar-refractivity contribution in [3.8, 4) is 0 Å². The number of aromatic nitrogens is 2. The molecule has 2 amide bonds. The molecule has 0 radical (unpaired) electrons. The van der Waals surface area contributed by atoms with Gasteiger partial charge < -0.3 is 14.5 Å². The maximum atomic E-state index is 13.5. The zero-order valence-electron chi connectivity index (χ0n) is 21.0. The minimum Gasteiger partial charge on any atom is -0.444 e. The van der Waals surface area contributed by atoms with Crippen molar-refractivity contribution in [3.05, 3.63) is 26.6 Å². The number of carbonyl (C=O) groups excluding carboxylic acids is 2. The smallest absolute Gasteiger partial charge is 0.410 e. The molecule has 0 aromatic carbocycles. The fourth-order valence-corrected chi connectivity index (χ4v) is 6.12. The summed E-state index contributed by atoms with van der Waals surface area (Å²) in [4.78, 5) is 48.7. The van der Waals surface area contributed by atoms with Gasteiger partial charge >= 0.3 is 6.09 Å². The van der Waals surface area contributed by atoms with Crippen LogP contribution < -0.4 is 5.56 Å². The molecule has 0 bridgehead atoms. The van der Waals surface area contributed by atoms with Gasteiger partial charge in [-0.2, -0.15) is 0 Å². The van der Waals surface area contributed by atoms with Gasteiger partial charge in [0.2, 0.25) is 0 Å². The largest absolute Gasteiger partial charge is 0.444 e. The van der Waals surface area contributed by atoms with Gasteiger partial charge in [0.05, 0.1) is 10.3 Å². The van der Waals surface area contributed by atoms with Crippen molar-refractivity contribution in [2.24, 2.45) is 5.92 Å². The highest BCUT2D eigenvalue weighted by Gasteiger charge is 2.30. The lowest BCUT2D eigenvalue weighted by atomic mass is 9.97. The molecular formula is C25H36N4O4S. The lowest BCUT2D eigenvalue weighted by Gasteiger charge is -2.35. The van der Waals surface area contributed by atoms with E-state index in [1.54, 1.807) is 11.9 Å². The van der Waals surface area contributed by atoms with E-state index in [0.717, 1.165) is 49.9 Å². The number of hydrogen-bond acceptors (Lipinski definition) is 6. The van der Waals surface area contributed by atoms with E-state index < -0.39 is 5.60 Å². The number of nitrogens with zero attached hydrogens (tertiary/aromatic N) is 4. The van der Waals surface area contributed by atoms with Gasteiger partial charge in [-0.25, -0.2) is 9.78 Å². The minimum atomic E-state index is -0.538. The second-order valence-corrected chi connectivity index (χ2v) is 11.7. The summed E-state index contributed by atoms with van der Waals surface area (Å²) in [7, 11) is 1.74. The molecule has 0 N–H and O–H groups in total. The van der Waals surface area contributed by atoms with E-state index in [1.165, 1.54) is 11.3 Å². The number of ether oxygens (including phenoxy) is 1. The predicted molar refractivity (Wildman–Crippen MR) is 134 cm³/mol. The van der Waals surface area contributed by atoms with Crippen LogP contribution in [0.4, 0.5) is 4.79 Å². The van der Waals surface area contributed by atoms with Gasteiger partial charge in [-0.15, -0.1) is 11.3 Å². The Morgan fingerprint density at radius 1 is 1.18 bits per heavy atom. The van der Waals surface area contributed by atoms with Crippen LogP contribution in [0.15, 0.2) is 4.79 Å². The maximum absolute atomic E-state index is 13.5. The predicted octanol–water partition coefficient (Wildman–Crippen LogP) is 4.21. The Labute approximate surface area is 204 Å². The van der Waals surface area contributed by atoms with Crippen molar-refractivity contribution >= 4 is 33.6 Å². The van der Waals surface area contributed by atoms with E-state index in [0.29, 0.717) is 41.3 Å². The number of thiophene rings is 1. The van der Waals surface area contributed by atoms with Crippen LogP contribution in [0.2, 0.25) is 0 Å². The lowest BCUT2D eigenvalue weighted by Crippen LogP contribution is -2.45. The Balaban J connectivity index is 1.52. The third-order valence-electron chi connectivity index (χ3n) is 6.65. The highest BCUT2D eigenvalue weighted by atomic mass is 32.1. The first-order chi connectivity index (χ1) is 16.0. The summed E-state index contributed by atoms with van der Waals surface area (Å²) in [6, 6.07) is 0. The molecular weight excluding hydrogens is 452 g/mol. The Hall–Kier alpha value is -2.42. The van der Waals surface area contributed by atoms with E-state index in [9.17, 15) is 14.4 Å². The highest BCUT2D eigenvalue weighted by Crippen LogP contribution is 2.31. The summed E-state index contributed by atoms with van der Waals surface area (Å²) in [6.07, 6.45) is 5.45. The average molecular weight is 489 g/mol. The molecule has 0 saturated carbocycles. The summed E-state index contributed by atoms with van der Waals surface area (Å²) in [5.74, 6) is 0.993. The maximum Gasteiger partial charge on any atom is 0.410 e. The Morgan fingerprint density at radius 3 is 2.68 bits per heavy atom. The van der Waals surface area contributed by atoms with Crippen LogP contribution in [-0.4, -0.2) is 63.6 Å². The van der Waals surface area contributed by atoms with Gasteiger partial charge in [0.15, 0.2) is 0 Å². The van der Waals surface area contributed by atoms with Gasteiger partial charge in [-0.05, 0) is 64.9 Å². The van der Waals surface area contributed by atoms with E-state index in [4.69, 9.17) is 9.72 Å². The van der Waals surface area contributed by atoms with Crippen molar-refractivity contribution in [2.75, 3.05) is 26.7 Å². The molecule has 8 nitrogen and oxygen atoms in total. The third kappa shape index (κ3) is 5.14. The molecule has 1 unspecified atom stereocenters. The molecule has 1 atom stereocenters. The molecule has 34 heavy (non-hydrogen) atoms. The number of piperidine rings is 1. The van der Waals surface area contributed by atoms with Crippen molar-refractivity contribution in [2.45, 2.75) is 78.4 Å². The number of aryl methyl sites for hydroxylation is 2. The van der Waals surface area contributed by atoms with Gasteiger partial charge in [-0.1, -0.05) is 6.42 Å². The van der Waals surface area contributed by atoms with Crippen LogP contribution >= 0.6 is 11.3 Å². The molecule has 4 rings (SSSR count). The molecule has 1 fully saturated rings. The van der Waals surface area contributed by atoms with Crippen LogP contribution in [0, 0.1) is 12.8 Å². The van der Waals surface area contributed by atoms with Crippen LogP contribution in [-0.2, 0) is 17.7 Å². The van der Waals surface area contributed by atoms with E-state index >= 15 is 0 Å². The molecule has 4 heterocycles. The summed E-state index contributed by atoms with van der Waals surface area (Å²) in [5, 5.41) is 0.595. The van der Waals surface area contributed by atoms with Gasteiger partial charge in [0, 0.05) is 39.6 Å². The molecule has 2 aliphatic rings. The van der Waals surface area contributed by atoms with Crippen molar-refractivity contribution in [3.63, 3.8) is 0 Å². The molecule has 2 aromatic heterocycles. The van der Waals surface area contributed by atoms with Crippen molar-refractivity contribution < 1.29 is 14.3 Å². The molecule has 0 spiro atoms. The Bertz CT molecular complexity index is 1150. The molecule has 2 aliphatic heterocycles. The zero-order chi connectivity index (χ0) is 24.6. The van der Waals surface area contributed by atoms with Crippen molar-refractivity contribution in [1.29, 1.82) is 0 Å². The number of hydrogen-bond donors (Lipinski definition) is 0. The van der Waals surface area contributed by atoms with E-state index in [-0.39, 0.29) is 23.5 Å². The number of carbonyl (C=O) groups is 2. The van der Waals surface area contributed by atoms with Gasteiger partial charge in [-0.3, -0.25) is 14.2 Å². The highest BCUT2D eigenvalue weighted by molar-refractivity contribution is 7.20. The molecule has 186 valence electrons. The summed E-state index contributed by atoms with van der Waals surface area (Å²) in [6.45, 7) is 9.94. The monoisotopic (exact) mass is 488 g/mol. The first-order valence-corrected chi connectivity index (χ1v) is 13.1. The van der Waals surface area contributed by atoms with Gasteiger partial charge in [0.1, 0.15) is 16.3 Å². The Kier molecular flexibility index (Phi) is 7.03. The molecule has 9 heteroatoms. The second-order valence-electron chi connectivity index (χ2n) is 10.7. The first-order valence-electron chi connectivity index (χ1n) is 12.3. The lowest BCUT2D eigenvalue weighted by molar-refractivity contribution is 0.0244. The fourth-order valence-electron chi connectivity index (χ4n) is 4.96. The van der Waals surface area contributed by atoms with Gasteiger partial charge in [0.25, 0.3) is 11.5 Å². The minimum absolute atomic E-state index is 0.00907. The number of rotatable bonds is 3. The first kappa shape index (κ1) is 24.7. The fraction of sp³-hybridized carbons (Fsp3) is 0.680. The third-order valence-corrected chi connectivity index (χ3v) is 7.82.